The zero-order valence-corrected chi connectivity index (χ0v) is 14.2. The Kier molecular flexibility index (Phi) is 5.26. The summed E-state index contributed by atoms with van der Waals surface area (Å²) in [6.07, 6.45) is 0. The molecule has 25 heavy (non-hydrogen) atoms. The van der Waals surface area contributed by atoms with Gasteiger partial charge in [-0.3, -0.25) is 14.9 Å². The fourth-order valence-electron chi connectivity index (χ4n) is 2.11. The van der Waals surface area contributed by atoms with Crippen molar-refractivity contribution in [2.45, 2.75) is 13.2 Å². The molecule has 0 unspecified atom stereocenters. The van der Waals surface area contributed by atoms with Crippen molar-refractivity contribution in [3.05, 3.63) is 57.8 Å². The largest absolute Gasteiger partial charge is 0.377 e. The number of hydrogen-bond acceptors (Lipinski definition) is 7. The van der Waals surface area contributed by atoms with Crippen LogP contribution < -0.4 is 10.9 Å². The highest BCUT2D eigenvalue weighted by molar-refractivity contribution is 7.15. The van der Waals surface area contributed by atoms with Crippen molar-refractivity contribution in [1.82, 2.24) is 20.0 Å². The van der Waals surface area contributed by atoms with E-state index in [4.69, 9.17) is 4.74 Å². The first-order chi connectivity index (χ1) is 12.2. The number of rotatable bonds is 6. The number of nitrogens with one attached hydrogen (secondary N) is 1. The molecule has 1 N–H and O–H groups in total. The topological polar surface area (TPSA) is 99.0 Å². The summed E-state index contributed by atoms with van der Waals surface area (Å²) in [6, 6.07) is 12.5. The van der Waals surface area contributed by atoms with Crippen LogP contribution in [0.3, 0.4) is 0 Å². The van der Waals surface area contributed by atoms with Crippen LogP contribution in [-0.4, -0.2) is 33.0 Å². The van der Waals surface area contributed by atoms with Crippen LogP contribution in [0.5, 0.6) is 0 Å². The third-order valence-electron chi connectivity index (χ3n) is 3.21. The Morgan fingerprint density at radius 1 is 1.20 bits per heavy atom. The summed E-state index contributed by atoms with van der Waals surface area (Å²) in [5.41, 5.74) is 1.13. The summed E-state index contributed by atoms with van der Waals surface area (Å²) in [6.45, 7) is 0.117. The molecule has 128 valence electrons. The van der Waals surface area contributed by atoms with Gasteiger partial charge in [0.05, 0.1) is 5.69 Å². The molecule has 9 heteroatoms. The van der Waals surface area contributed by atoms with E-state index in [0.29, 0.717) is 22.4 Å². The van der Waals surface area contributed by atoms with Crippen molar-refractivity contribution in [1.29, 1.82) is 0 Å². The maximum atomic E-state index is 12.1. The summed E-state index contributed by atoms with van der Waals surface area (Å²) in [5, 5.41) is 15.6. The highest BCUT2D eigenvalue weighted by atomic mass is 32.1. The first-order valence-electron chi connectivity index (χ1n) is 7.40. The van der Waals surface area contributed by atoms with Crippen LogP contribution in [0.15, 0.2) is 47.3 Å². The predicted octanol–water partition coefficient (Wildman–Crippen LogP) is 1.55. The first kappa shape index (κ1) is 16.9. The Labute approximate surface area is 147 Å². The van der Waals surface area contributed by atoms with Crippen LogP contribution in [0.1, 0.15) is 5.01 Å². The van der Waals surface area contributed by atoms with Crippen molar-refractivity contribution in [3.8, 4) is 11.3 Å². The van der Waals surface area contributed by atoms with Crippen LogP contribution in [-0.2, 0) is 22.7 Å². The number of hydrogen-bond donors (Lipinski definition) is 1. The monoisotopic (exact) mass is 357 g/mol. The molecule has 3 rings (SSSR count). The number of carbonyl (C=O) groups is 1. The molecule has 3 aromatic rings. The van der Waals surface area contributed by atoms with Gasteiger partial charge in [0.25, 0.3) is 5.56 Å². The molecule has 0 saturated heterocycles. The zero-order chi connectivity index (χ0) is 17.6. The van der Waals surface area contributed by atoms with Crippen LogP contribution in [0.25, 0.3) is 11.3 Å². The lowest BCUT2D eigenvalue weighted by Gasteiger charge is -2.06. The predicted molar refractivity (Wildman–Crippen MR) is 93.2 cm³/mol. The highest BCUT2D eigenvalue weighted by Gasteiger charge is 2.11. The Balaban J connectivity index is 1.73. The van der Waals surface area contributed by atoms with Crippen LogP contribution >= 0.6 is 11.3 Å². The van der Waals surface area contributed by atoms with Crippen LogP contribution in [0, 0.1) is 0 Å². The summed E-state index contributed by atoms with van der Waals surface area (Å²) < 4.78 is 6.07. The molecular formula is C16H15N5O3S. The molecule has 2 heterocycles. The van der Waals surface area contributed by atoms with Crippen molar-refractivity contribution in [3.63, 3.8) is 0 Å². The number of benzene rings is 1. The van der Waals surface area contributed by atoms with E-state index in [1.165, 1.54) is 17.4 Å². The average Bonchev–Trinajstić information content (AvgIpc) is 3.05. The highest BCUT2D eigenvalue weighted by Crippen LogP contribution is 2.16. The molecule has 0 aliphatic rings. The Bertz CT molecular complexity index is 923. The Morgan fingerprint density at radius 2 is 2.00 bits per heavy atom. The van der Waals surface area contributed by atoms with Gasteiger partial charge in [-0.15, -0.1) is 10.2 Å². The summed E-state index contributed by atoms with van der Waals surface area (Å²) in [4.78, 5) is 24.1. The van der Waals surface area contributed by atoms with Gasteiger partial charge in [0.15, 0.2) is 0 Å². The van der Waals surface area contributed by atoms with Crippen molar-refractivity contribution >= 4 is 22.4 Å². The second-order valence-corrected chi connectivity index (χ2v) is 6.12. The van der Waals surface area contributed by atoms with E-state index in [-0.39, 0.29) is 12.1 Å². The second kappa shape index (κ2) is 7.77. The molecule has 0 atom stereocenters. The molecule has 8 nitrogen and oxygen atoms in total. The number of anilines is 1. The van der Waals surface area contributed by atoms with E-state index in [9.17, 15) is 9.59 Å². The lowest BCUT2D eigenvalue weighted by Crippen LogP contribution is -2.29. The Morgan fingerprint density at radius 3 is 2.76 bits per heavy atom. The first-order valence-corrected chi connectivity index (χ1v) is 8.22. The van der Waals surface area contributed by atoms with Gasteiger partial charge in [-0.25, -0.2) is 4.68 Å². The number of amides is 1. The third-order valence-corrected chi connectivity index (χ3v) is 4.02. The molecule has 2 aromatic heterocycles. The smallest absolute Gasteiger partial charge is 0.267 e. The number of ether oxygens (including phenoxy) is 1. The SMILES string of the molecule is COCc1nnc(NC(=O)Cn2nc(-c3ccccc3)ccc2=O)s1. The molecule has 0 aliphatic heterocycles. The van der Waals surface area contributed by atoms with Crippen molar-refractivity contribution in [2.24, 2.45) is 0 Å². The third kappa shape index (κ3) is 4.34. The average molecular weight is 357 g/mol. The molecule has 0 aliphatic carbocycles. The molecule has 0 saturated carbocycles. The van der Waals surface area contributed by atoms with E-state index >= 15 is 0 Å². The minimum absolute atomic E-state index is 0.210. The molecule has 0 fully saturated rings. The standard InChI is InChI=1S/C16H15N5O3S/c1-24-10-14-18-19-16(25-14)17-13(22)9-21-15(23)8-7-12(20-21)11-5-3-2-4-6-11/h2-8H,9-10H2,1H3,(H,17,19,22). The molecule has 0 spiro atoms. The van der Waals surface area contributed by atoms with Gasteiger partial charge in [0.1, 0.15) is 18.2 Å². The molecular weight excluding hydrogens is 342 g/mol. The normalized spacial score (nSPS) is 10.6. The van der Waals surface area contributed by atoms with Crippen LogP contribution in [0.4, 0.5) is 5.13 Å². The van der Waals surface area contributed by atoms with E-state index < -0.39 is 5.91 Å². The van der Waals surface area contributed by atoms with Crippen molar-refractivity contribution in [2.75, 3.05) is 12.4 Å². The molecule has 0 bridgehead atoms. The lowest BCUT2D eigenvalue weighted by molar-refractivity contribution is -0.117. The molecule has 0 radical (unpaired) electrons. The second-order valence-electron chi connectivity index (χ2n) is 5.06. The summed E-state index contributed by atoms with van der Waals surface area (Å²) >= 11 is 1.21. The van der Waals surface area contributed by atoms with E-state index in [1.807, 2.05) is 30.3 Å². The fourth-order valence-corrected chi connectivity index (χ4v) is 2.83. The van der Waals surface area contributed by atoms with Gasteiger partial charge >= 0.3 is 0 Å². The quantitative estimate of drug-likeness (QED) is 0.718. The van der Waals surface area contributed by atoms with E-state index in [2.05, 4.69) is 20.6 Å². The minimum atomic E-state index is -0.403. The summed E-state index contributed by atoms with van der Waals surface area (Å²) in [5.74, 6) is -0.403. The summed E-state index contributed by atoms with van der Waals surface area (Å²) in [7, 11) is 1.55. The maximum absolute atomic E-state index is 12.1. The van der Waals surface area contributed by atoms with Crippen molar-refractivity contribution < 1.29 is 9.53 Å². The lowest BCUT2D eigenvalue weighted by atomic mass is 10.1. The number of methoxy groups -OCH3 is 1. The van der Waals surface area contributed by atoms with Gasteiger partial charge in [0, 0.05) is 18.7 Å². The van der Waals surface area contributed by atoms with Gasteiger partial charge in [-0.1, -0.05) is 41.7 Å². The zero-order valence-electron chi connectivity index (χ0n) is 13.4. The fraction of sp³-hybridized carbons (Fsp3) is 0.188. The minimum Gasteiger partial charge on any atom is -0.377 e. The molecule has 1 aromatic carbocycles. The number of carbonyl (C=O) groups excluding carboxylic acids is 1. The maximum Gasteiger partial charge on any atom is 0.267 e. The van der Waals surface area contributed by atoms with E-state index in [1.54, 1.807) is 13.2 Å². The van der Waals surface area contributed by atoms with Gasteiger partial charge in [-0.05, 0) is 6.07 Å². The van der Waals surface area contributed by atoms with Gasteiger partial charge in [0.2, 0.25) is 11.0 Å². The van der Waals surface area contributed by atoms with Gasteiger partial charge in [-0.2, -0.15) is 5.10 Å². The molecule has 1 amide bonds. The van der Waals surface area contributed by atoms with Gasteiger partial charge < -0.3 is 4.74 Å². The number of nitrogens with zero attached hydrogens (tertiary/aromatic N) is 4. The number of aromatic nitrogens is 4. The Hall–Kier alpha value is -2.91. The van der Waals surface area contributed by atoms with Crippen LogP contribution in [0.2, 0.25) is 0 Å². The van der Waals surface area contributed by atoms with E-state index in [0.717, 1.165) is 10.2 Å².